The highest BCUT2D eigenvalue weighted by molar-refractivity contribution is 6.20. The van der Waals surface area contributed by atoms with Gasteiger partial charge in [-0.1, -0.05) is 43.7 Å². The van der Waals surface area contributed by atoms with Crippen LogP contribution >= 0.6 is 0 Å². The molecule has 4 heteroatoms. The van der Waals surface area contributed by atoms with Crippen LogP contribution in [0, 0.1) is 0 Å². The number of Topliss-reactive ketones (excluding diaryl/α,β-unsaturated/α-hetero) is 1. The largest absolute Gasteiger partial charge is 0.324 e. The standard InChI is InChI=1S/C20H20N2O2/c1-2-3-9-18(23)15-10-11-17-16(12-15)20(21-13-19(24)22-17)14-7-5-4-6-8-14/h4-8,10-12H,2-3,9,13H2,1H3,(H,22,24). The minimum Gasteiger partial charge on any atom is -0.324 e. The average Bonchev–Trinajstić information content (AvgIpc) is 2.78. The first-order valence-corrected chi connectivity index (χ1v) is 8.26. The Kier molecular flexibility index (Phi) is 4.85. The van der Waals surface area contributed by atoms with Gasteiger partial charge in [0.05, 0.1) is 11.4 Å². The van der Waals surface area contributed by atoms with Gasteiger partial charge in [-0.2, -0.15) is 0 Å². The number of benzene rings is 2. The Hall–Kier alpha value is -2.75. The first-order chi connectivity index (χ1) is 11.7. The molecule has 24 heavy (non-hydrogen) atoms. The second kappa shape index (κ2) is 7.21. The zero-order chi connectivity index (χ0) is 16.9. The summed E-state index contributed by atoms with van der Waals surface area (Å²) < 4.78 is 0. The normalized spacial score (nSPS) is 13.5. The molecular formula is C20H20N2O2. The lowest BCUT2D eigenvalue weighted by molar-refractivity contribution is -0.114. The summed E-state index contributed by atoms with van der Waals surface area (Å²) in [7, 11) is 0. The lowest BCUT2D eigenvalue weighted by Crippen LogP contribution is -2.13. The first-order valence-electron chi connectivity index (χ1n) is 8.26. The Morgan fingerprint density at radius 3 is 2.71 bits per heavy atom. The van der Waals surface area contributed by atoms with Crippen molar-refractivity contribution in [3.05, 3.63) is 65.2 Å². The molecule has 0 aliphatic carbocycles. The van der Waals surface area contributed by atoms with Gasteiger partial charge in [-0.15, -0.1) is 0 Å². The van der Waals surface area contributed by atoms with Crippen molar-refractivity contribution in [2.24, 2.45) is 4.99 Å². The lowest BCUT2D eigenvalue weighted by atomic mass is 9.96. The van der Waals surface area contributed by atoms with E-state index in [9.17, 15) is 9.59 Å². The Bertz CT molecular complexity index is 795. The van der Waals surface area contributed by atoms with E-state index in [0.29, 0.717) is 17.7 Å². The smallest absolute Gasteiger partial charge is 0.246 e. The Morgan fingerprint density at radius 1 is 1.17 bits per heavy atom. The van der Waals surface area contributed by atoms with Gasteiger partial charge in [0.15, 0.2) is 5.78 Å². The first kappa shape index (κ1) is 16.1. The number of carbonyl (C=O) groups is 2. The summed E-state index contributed by atoms with van der Waals surface area (Å²) in [4.78, 5) is 28.7. The molecule has 1 heterocycles. The summed E-state index contributed by atoms with van der Waals surface area (Å²) in [5, 5.41) is 2.87. The van der Waals surface area contributed by atoms with Gasteiger partial charge >= 0.3 is 0 Å². The molecule has 0 spiro atoms. The molecule has 2 aromatic carbocycles. The topological polar surface area (TPSA) is 58.5 Å². The van der Waals surface area contributed by atoms with E-state index < -0.39 is 0 Å². The van der Waals surface area contributed by atoms with Crippen LogP contribution in [0.5, 0.6) is 0 Å². The third kappa shape index (κ3) is 3.43. The van der Waals surface area contributed by atoms with Gasteiger partial charge in [0.1, 0.15) is 6.54 Å². The van der Waals surface area contributed by atoms with E-state index in [-0.39, 0.29) is 18.2 Å². The maximum absolute atomic E-state index is 12.4. The summed E-state index contributed by atoms with van der Waals surface area (Å²) in [5.41, 5.74) is 3.85. The third-order valence-corrected chi connectivity index (χ3v) is 4.06. The van der Waals surface area contributed by atoms with Gasteiger partial charge in [-0.25, -0.2) is 0 Å². The lowest BCUT2D eigenvalue weighted by Gasteiger charge is -2.12. The number of fused-ring (bicyclic) bond motifs is 1. The van der Waals surface area contributed by atoms with Crippen LogP contribution in [0.2, 0.25) is 0 Å². The zero-order valence-electron chi connectivity index (χ0n) is 13.7. The van der Waals surface area contributed by atoms with E-state index >= 15 is 0 Å². The van der Waals surface area contributed by atoms with Gasteiger partial charge in [0.2, 0.25) is 5.91 Å². The molecule has 0 radical (unpaired) electrons. The molecule has 1 amide bonds. The Morgan fingerprint density at radius 2 is 1.96 bits per heavy atom. The predicted molar refractivity (Wildman–Crippen MR) is 95.9 cm³/mol. The Labute approximate surface area is 141 Å². The Balaban J connectivity index is 2.05. The number of unbranched alkanes of at least 4 members (excludes halogenated alkanes) is 1. The number of ketones is 1. The van der Waals surface area contributed by atoms with E-state index in [1.165, 1.54) is 0 Å². The fourth-order valence-electron chi connectivity index (χ4n) is 2.77. The van der Waals surface area contributed by atoms with Crippen LogP contribution in [0.4, 0.5) is 5.69 Å². The van der Waals surface area contributed by atoms with Crippen molar-refractivity contribution in [3.8, 4) is 0 Å². The maximum atomic E-state index is 12.4. The number of amides is 1. The quantitative estimate of drug-likeness (QED) is 0.851. The van der Waals surface area contributed by atoms with Gasteiger partial charge < -0.3 is 5.32 Å². The number of nitrogens with one attached hydrogen (secondary N) is 1. The van der Waals surface area contributed by atoms with Crippen LogP contribution in [0.1, 0.15) is 47.7 Å². The van der Waals surface area contributed by atoms with Crippen molar-refractivity contribution >= 4 is 23.1 Å². The minimum absolute atomic E-state index is 0.0814. The van der Waals surface area contributed by atoms with E-state index in [1.807, 2.05) is 36.4 Å². The van der Waals surface area contributed by atoms with E-state index in [0.717, 1.165) is 29.7 Å². The fourth-order valence-corrected chi connectivity index (χ4v) is 2.77. The predicted octanol–water partition coefficient (Wildman–Crippen LogP) is 3.85. The zero-order valence-corrected chi connectivity index (χ0v) is 13.7. The van der Waals surface area contributed by atoms with Crippen molar-refractivity contribution in [3.63, 3.8) is 0 Å². The molecule has 3 rings (SSSR count). The number of nitrogens with zero attached hydrogens (tertiary/aromatic N) is 1. The van der Waals surface area contributed by atoms with E-state index in [4.69, 9.17) is 0 Å². The van der Waals surface area contributed by atoms with Crippen molar-refractivity contribution in [2.45, 2.75) is 26.2 Å². The molecule has 0 aromatic heterocycles. The molecule has 0 saturated heterocycles. The highest BCUT2D eigenvalue weighted by Crippen LogP contribution is 2.25. The summed E-state index contributed by atoms with van der Waals surface area (Å²) >= 11 is 0. The number of rotatable bonds is 5. The molecule has 1 aliphatic rings. The molecule has 122 valence electrons. The second-order valence-corrected chi connectivity index (χ2v) is 5.87. The number of aliphatic imine (C=N–C) groups is 1. The maximum Gasteiger partial charge on any atom is 0.246 e. The number of benzodiazepines with no additional fused rings is 1. The highest BCUT2D eigenvalue weighted by Gasteiger charge is 2.19. The molecule has 4 nitrogen and oxygen atoms in total. The third-order valence-electron chi connectivity index (χ3n) is 4.06. The summed E-state index contributed by atoms with van der Waals surface area (Å²) in [6, 6.07) is 15.2. The molecule has 0 fully saturated rings. The van der Waals surface area contributed by atoms with Crippen LogP contribution in [0.15, 0.2) is 53.5 Å². The van der Waals surface area contributed by atoms with E-state index in [1.54, 1.807) is 12.1 Å². The van der Waals surface area contributed by atoms with Crippen LogP contribution in [-0.2, 0) is 4.79 Å². The second-order valence-electron chi connectivity index (χ2n) is 5.87. The molecule has 0 bridgehead atoms. The summed E-state index contributed by atoms with van der Waals surface area (Å²) in [6.07, 6.45) is 2.41. The highest BCUT2D eigenvalue weighted by atomic mass is 16.2. The summed E-state index contributed by atoms with van der Waals surface area (Å²) in [5.74, 6) is -0.0186. The number of carbonyl (C=O) groups excluding carboxylic acids is 2. The van der Waals surface area contributed by atoms with Crippen molar-refractivity contribution in [1.82, 2.24) is 0 Å². The molecule has 0 saturated carbocycles. The molecule has 1 aliphatic heterocycles. The van der Waals surface area contributed by atoms with Gasteiger partial charge in [-0.05, 0) is 24.6 Å². The molecular weight excluding hydrogens is 300 g/mol. The van der Waals surface area contributed by atoms with Gasteiger partial charge in [0, 0.05) is 23.1 Å². The van der Waals surface area contributed by atoms with Crippen LogP contribution in [0.3, 0.4) is 0 Å². The van der Waals surface area contributed by atoms with Gasteiger partial charge in [0.25, 0.3) is 0 Å². The SMILES string of the molecule is CCCCC(=O)c1ccc2c(c1)C(c1ccccc1)=NCC(=O)N2. The molecule has 1 N–H and O–H groups in total. The van der Waals surface area contributed by atoms with Crippen molar-refractivity contribution < 1.29 is 9.59 Å². The van der Waals surface area contributed by atoms with Crippen molar-refractivity contribution in [1.29, 1.82) is 0 Å². The van der Waals surface area contributed by atoms with E-state index in [2.05, 4.69) is 17.2 Å². The molecule has 2 aromatic rings. The summed E-state index contributed by atoms with van der Waals surface area (Å²) in [6.45, 7) is 2.15. The van der Waals surface area contributed by atoms with Gasteiger partial charge in [-0.3, -0.25) is 14.6 Å². The van der Waals surface area contributed by atoms with Crippen LogP contribution in [0.25, 0.3) is 0 Å². The number of hydrogen-bond donors (Lipinski definition) is 1. The number of hydrogen-bond acceptors (Lipinski definition) is 3. The molecule has 0 unspecified atom stereocenters. The van der Waals surface area contributed by atoms with Crippen molar-refractivity contribution in [2.75, 3.05) is 11.9 Å². The van der Waals surface area contributed by atoms with Crippen LogP contribution < -0.4 is 5.32 Å². The minimum atomic E-state index is -0.146. The fraction of sp³-hybridized carbons (Fsp3) is 0.250. The van der Waals surface area contributed by atoms with Crippen LogP contribution in [-0.4, -0.2) is 23.9 Å². The monoisotopic (exact) mass is 320 g/mol. The molecule has 0 atom stereocenters. The number of anilines is 1. The average molecular weight is 320 g/mol.